The minimum Gasteiger partial charge on any atom is -0.507 e. The highest BCUT2D eigenvalue weighted by Crippen LogP contribution is 2.40. The highest BCUT2D eigenvalue weighted by atomic mass is 32.2. The van der Waals surface area contributed by atoms with E-state index in [1.807, 2.05) is 25.1 Å². The standard InChI is InChI=1S/C22H32N2O2S/c1-9-14(2)23-24-13-27-18(20(24)26)12-15-10-16(21(3,4)5)19(25)17(11-15)22(6,7)8/h9-12,14,23,25H,1,13H2,2-8H3. The first-order valence-corrected chi connectivity index (χ1v) is 10.3. The molecule has 0 radical (unpaired) electrons. The van der Waals surface area contributed by atoms with Gasteiger partial charge in [-0.3, -0.25) is 9.80 Å². The molecule has 0 spiro atoms. The molecule has 1 fully saturated rings. The number of phenolic OH excluding ortho intramolecular Hbond substituents is 1. The molecule has 0 aromatic heterocycles. The number of amides is 1. The number of hydrogen-bond acceptors (Lipinski definition) is 4. The summed E-state index contributed by atoms with van der Waals surface area (Å²) in [5, 5.41) is 12.5. The van der Waals surface area contributed by atoms with Crippen LogP contribution in [0.3, 0.4) is 0 Å². The van der Waals surface area contributed by atoms with Crippen LogP contribution < -0.4 is 5.43 Å². The van der Waals surface area contributed by atoms with Crippen molar-refractivity contribution in [3.8, 4) is 5.75 Å². The molecule has 1 unspecified atom stereocenters. The lowest BCUT2D eigenvalue weighted by atomic mass is 9.78. The first-order chi connectivity index (χ1) is 12.3. The summed E-state index contributed by atoms with van der Waals surface area (Å²) in [6, 6.07) is 4.02. The number of hydrogen-bond donors (Lipinski definition) is 2. The molecule has 1 aliphatic rings. The Hall–Kier alpha value is -1.72. The highest BCUT2D eigenvalue weighted by Gasteiger charge is 2.29. The fourth-order valence-corrected chi connectivity index (χ4v) is 3.83. The number of nitrogens with one attached hydrogen (secondary N) is 1. The Kier molecular flexibility index (Phi) is 6.17. The van der Waals surface area contributed by atoms with Gasteiger partial charge in [0.25, 0.3) is 5.91 Å². The molecular weight excluding hydrogens is 356 g/mol. The number of aromatic hydroxyl groups is 1. The van der Waals surface area contributed by atoms with Crippen LogP contribution in [-0.2, 0) is 15.6 Å². The van der Waals surface area contributed by atoms with Crippen molar-refractivity contribution >= 4 is 23.7 Å². The molecule has 1 aliphatic heterocycles. The summed E-state index contributed by atoms with van der Waals surface area (Å²) >= 11 is 1.51. The first-order valence-electron chi connectivity index (χ1n) is 9.27. The monoisotopic (exact) mass is 388 g/mol. The molecule has 1 saturated heterocycles. The third-order valence-electron chi connectivity index (χ3n) is 4.56. The number of benzene rings is 1. The van der Waals surface area contributed by atoms with Crippen molar-refractivity contribution in [1.29, 1.82) is 0 Å². The zero-order valence-corrected chi connectivity index (χ0v) is 18.3. The van der Waals surface area contributed by atoms with Crippen molar-refractivity contribution in [2.24, 2.45) is 0 Å². The van der Waals surface area contributed by atoms with Gasteiger partial charge in [-0.15, -0.1) is 6.58 Å². The lowest BCUT2D eigenvalue weighted by Crippen LogP contribution is -2.43. The van der Waals surface area contributed by atoms with Gasteiger partial charge in [0.15, 0.2) is 0 Å². The van der Waals surface area contributed by atoms with Crippen LogP contribution in [0.1, 0.15) is 65.2 Å². The number of hydrazine groups is 1. The maximum Gasteiger partial charge on any atom is 0.275 e. The van der Waals surface area contributed by atoms with Crippen molar-refractivity contribution in [2.75, 3.05) is 5.88 Å². The van der Waals surface area contributed by atoms with Gasteiger partial charge in [0.05, 0.1) is 10.8 Å². The summed E-state index contributed by atoms with van der Waals surface area (Å²) in [4.78, 5) is 13.4. The van der Waals surface area contributed by atoms with E-state index in [4.69, 9.17) is 0 Å². The zero-order chi connectivity index (χ0) is 20.6. The smallest absolute Gasteiger partial charge is 0.275 e. The lowest BCUT2D eigenvalue weighted by molar-refractivity contribution is -0.127. The molecule has 0 bridgehead atoms. The SMILES string of the molecule is C=CC(C)NN1CSC(=Cc2cc(C(C)(C)C)c(O)c(C(C)(C)C)c2)C1=O. The van der Waals surface area contributed by atoms with E-state index in [0.717, 1.165) is 16.7 Å². The average molecular weight is 389 g/mol. The molecule has 1 heterocycles. The van der Waals surface area contributed by atoms with E-state index in [9.17, 15) is 9.90 Å². The van der Waals surface area contributed by atoms with Crippen LogP contribution in [0.15, 0.2) is 29.7 Å². The Balaban J connectivity index is 2.46. The minimum atomic E-state index is -0.196. The molecule has 1 aromatic rings. The fourth-order valence-electron chi connectivity index (χ4n) is 2.92. The van der Waals surface area contributed by atoms with Crippen LogP contribution in [0.25, 0.3) is 6.08 Å². The summed E-state index contributed by atoms with van der Waals surface area (Å²) in [7, 11) is 0. The van der Waals surface area contributed by atoms with Crippen molar-refractivity contribution in [3.05, 3.63) is 46.4 Å². The van der Waals surface area contributed by atoms with Gasteiger partial charge in [0.1, 0.15) is 5.75 Å². The third kappa shape index (κ3) is 4.96. The van der Waals surface area contributed by atoms with E-state index in [-0.39, 0.29) is 22.8 Å². The van der Waals surface area contributed by atoms with Crippen LogP contribution in [0.5, 0.6) is 5.75 Å². The molecule has 1 atom stereocenters. The van der Waals surface area contributed by atoms with Gasteiger partial charge in [-0.05, 0) is 41.5 Å². The van der Waals surface area contributed by atoms with Crippen molar-refractivity contribution in [2.45, 2.75) is 65.3 Å². The van der Waals surface area contributed by atoms with Gasteiger partial charge in [-0.1, -0.05) is 59.4 Å². The number of phenols is 1. The Labute approximate surface area is 167 Å². The molecule has 4 nitrogen and oxygen atoms in total. The van der Waals surface area contributed by atoms with Crippen LogP contribution in [0, 0.1) is 0 Å². The van der Waals surface area contributed by atoms with E-state index < -0.39 is 0 Å². The summed E-state index contributed by atoms with van der Waals surface area (Å²) in [6.45, 7) is 18.2. The predicted octanol–water partition coefficient (Wildman–Crippen LogP) is 4.94. The number of thioether (sulfide) groups is 1. The number of rotatable bonds is 4. The van der Waals surface area contributed by atoms with Crippen LogP contribution in [0.2, 0.25) is 0 Å². The van der Waals surface area contributed by atoms with Gasteiger partial charge >= 0.3 is 0 Å². The molecule has 0 aliphatic carbocycles. The maximum absolute atomic E-state index is 12.7. The van der Waals surface area contributed by atoms with E-state index >= 15 is 0 Å². The second-order valence-electron chi connectivity index (χ2n) is 9.13. The Bertz CT molecular complexity index is 734. The lowest BCUT2D eigenvalue weighted by Gasteiger charge is -2.28. The topological polar surface area (TPSA) is 52.6 Å². The van der Waals surface area contributed by atoms with E-state index in [1.54, 1.807) is 11.1 Å². The van der Waals surface area contributed by atoms with Crippen molar-refractivity contribution in [1.82, 2.24) is 10.4 Å². The largest absolute Gasteiger partial charge is 0.507 e. The quantitative estimate of drug-likeness (QED) is 0.567. The Morgan fingerprint density at radius 3 is 2.15 bits per heavy atom. The number of nitrogens with zero attached hydrogens (tertiary/aromatic N) is 1. The molecule has 0 saturated carbocycles. The van der Waals surface area contributed by atoms with E-state index in [2.05, 4.69) is 53.5 Å². The second-order valence-corrected chi connectivity index (χ2v) is 10.1. The highest BCUT2D eigenvalue weighted by molar-refractivity contribution is 8.04. The molecule has 27 heavy (non-hydrogen) atoms. The molecule has 2 rings (SSSR count). The van der Waals surface area contributed by atoms with Gasteiger partial charge in [0, 0.05) is 17.2 Å². The molecule has 2 N–H and O–H groups in total. The molecule has 148 valence electrons. The second kappa shape index (κ2) is 7.72. The molecular formula is C22H32N2O2S. The Morgan fingerprint density at radius 1 is 1.19 bits per heavy atom. The average Bonchev–Trinajstić information content (AvgIpc) is 2.87. The fraction of sp³-hybridized carbons (Fsp3) is 0.500. The number of carbonyl (C=O) groups is 1. The predicted molar refractivity (Wildman–Crippen MR) is 116 cm³/mol. The number of carbonyl (C=O) groups excluding carboxylic acids is 1. The van der Waals surface area contributed by atoms with Gasteiger partial charge in [0.2, 0.25) is 0 Å². The van der Waals surface area contributed by atoms with Gasteiger partial charge < -0.3 is 5.11 Å². The van der Waals surface area contributed by atoms with Crippen LogP contribution in [0.4, 0.5) is 0 Å². The summed E-state index contributed by atoms with van der Waals surface area (Å²) in [6.07, 6.45) is 3.70. The third-order valence-corrected chi connectivity index (χ3v) is 5.55. The van der Waals surface area contributed by atoms with Crippen molar-refractivity contribution < 1.29 is 9.90 Å². The molecule has 5 heteroatoms. The van der Waals surface area contributed by atoms with Crippen molar-refractivity contribution in [3.63, 3.8) is 0 Å². The van der Waals surface area contributed by atoms with Gasteiger partial charge in [-0.25, -0.2) is 5.43 Å². The van der Waals surface area contributed by atoms with E-state index in [0.29, 0.717) is 16.5 Å². The summed E-state index contributed by atoms with van der Waals surface area (Å²) in [5.74, 6) is 0.890. The van der Waals surface area contributed by atoms with Gasteiger partial charge in [-0.2, -0.15) is 0 Å². The summed E-state index contributed by atoms with van der Waals surface area (Å²) in [5.41, 5.74) is 5.48. The Morgan fingerprint density at radius 2 is 1.70 bits per heavy atom. The van der Waals surface area contributed by atoms with Crippen LogP contribution >= 0.6 is 11.8 Å². The first kappa shape index (κ1) is 21.6. The van der Waals surface area contributed by atoms with E-state index in [1.165, 1.54) is 11.8 Å². The maximum atomic E-state index is 12.7. The zero-order valence-electron chi connectivity index (χ0n) is 17.5. The minimum absolute atomic E-state index is 0.0301. The summed E-state index contributed by atoms with van der Waals surface area (Å²) < 4.78 is 0. The molecule has 1 aromatic carbocycles. The normalized spacial score (nSPS) is 18.3. The molecule has 1 amide bonds. The van der Waals surface area contributed by atoms with Crippen LogP contribution in [-0.4, -0.2) is 27.9 Å².